The van der Waals surface area contributed by atoms with Gasteiger partial charge in [0.15, 0.2) is 5.75 Å². The summed E-state index contributed by atoms with van der Waals surface area (Å²) >= 11 is 4.51. The molecule has 84 valence electrons. The molecule has 3 nitrogen and oxygen atoms in total. The molecular weight excluding hydrogens is 394 g/mol. The molecule has 1 aromatic rings. The summed E-state index contributed by atoms with van der Waals surface area (Å²) in [5, 5.41) is 0.158. The first-order chi connectivity index (χ1) is 6.85. The van der Waals surface area contributed by atoms with E-state index in [1.807, 2.05) is 0 Å². The molecular formula is C7H4BrF3INO2. The van der Waals surface area contributed by atoms with E-state index in [9.17, 15) is 18.0 Å². The Kier molecular flexibility index (Phi) is 4.04. The maximum atomic E-state index is 12.0. The number of rotatable bonds is 2. The SMILES string of the molecule is O=c1[nH]cc(CBr)c(OC(F)(F)F)c1I. The molecule has 0 saturated heterocycles. The number of nitrogens with one attached hydrogen (secondary N) is 1. The van der Waals surface area contributed by atoms with E-state index in [0.717, 1.165) is 0 Å². The number of halogens is 5. The van der Waals surface area contributed by atoms with Crippen molar-refractivity contribution in [2.24, 2.45) is 0 Å². The topological polar surface area (TPSA) is 42.1 Å². The number of H-pyrrole nitrogens is 1. The van der Waals surface area contributed by atoms with Gasteiger partial charge in [-0.15, -0.1) is 13.2 Å². The normalized spacial score (nSPS) is 11.5. The van der Waals surface area contributed by atoms with Crippen LogP contribution in [0.1, 0.15) is 5.56 Å². The van der Waals surface area contributed by atoms with Crippen LogP contribution in [0.5, 0.6) is 5.75 Å². The van der Waals surface area contributed by atoms with Crippen molar-refractivity contribution in [2.75, 3.05) is 0 Å². The van der Waals surface area contributed by atoms with Gasteiger partial charge in [-0.2, -0.15) is 0 Å². The highest BCUT2D eigenvalue weighted by molar-refractivity contribution is 14.1. The average molecular weight is 398 g/mol. The van der Waals surface area contributed by atoms with E-state index in [0.29, 0.717) is 0 Å². The van der Waals surface area contributed by atoms with Crippen LogP contribution in [0.3, 0.4) is 0 Å². The number of hydrogen-bond acceptors (Lipinski definition) is 2. The summed E-state index contributed by atoms with van der Waals surface area (Å²) in [6, 6.07) is 0. The molecule has 1 aromatic heterocycles. The lowest BCUT2D eigenvalue weighted by molar-refractivity contribution is -0.275. The van der Waals surface area contributed by atoms with Gasteiger partial charge >= 0.3 is 6.36 Å². The van der Waals surface area contributed by atoms with Crippen LogP contribution in [-0.4, -0.2) is 11.3 Å². The third-order valence-electron chi connectivity index (χ3n) is 1.43. The molecule has 0 fully saturated rings. The summed E-state index contributed by atoms with van der Waals surface area (Å²) in [5.74, 6) is -0.455. The molecule has 1 heterocycles. The number of pyridine rings is 1. The Morgan fingerprint density at radius 2 is 2.13 bits per heavy atom. The van der Waals surface area contributed by atoms with Gasteiger partial charge in [-0.25, -0.2) is 0 Å². The number of alkyl halides is 4. The van der Waals surface area contributed by atoms with E-state index in [1.165, 1.54) is 28.8 Å². The third kappa shape index (κ3) is 3.37. The van der Waals surface area contributed by atoms with Crippen LogP contribution in [0.25, 0.3) is 0 Å². The predicted octanol–water partition coefficient (Wildman–Crippen LogP) is 2.77. The molecule has 0 amide bonds. The zero-order valence-corrected chi connectivity index (χ0v) is 10.7. The first kappa shape index (κ1) is 12.8. The van der Waals surface area contributed by atoms with E-state index in [1.54, 1.807) is 0 Å². The Hall–Kier alpha value is -0.250. The summed E-state index contributed by atoms with van der Waals surface area (Å²) < 4.78 is 39.7. The smallest absolute Gasteiger partial charge is 0.404 e. The van der Waals surface area contributed by atoms with Crippen LogP contribution >= 0.6 is 38.5 Å². The van der Waals surface area contributed by atoms with Crippen molar-refractivity contribution in [3.05, 3.63) is 25.7 Å². The monoisotopic (exact) mass is 397 g/mol. The van der Waals surface area contributed by atoms with Crippen molar-refractivity contribution in [3.8, 4) is 5.75 Å². The molecule has 0 aliphatic rings. The molecule has 15 heavy (non-hydrogen) atoms. The molecule has 0 aromatic carbocycles. The number of aromatic nitrogens is 1. The summed E-state index contributed by atoms with van der Waals surface area (Å²) in [6.45, 7) is 0. The highest BCUT2D eigenvalue weighted by Crippen LogP contribution is 2.29. The van der Waals surface area contributed by atoms with Gasteiger partial charge in [-0.05, 0) is 22.6 Å². The Labute approximate surface area is 104 Å². The zero-order chi connectivity index (χ0) is 11.6. The molecule has 0 bridgehead atoms. The van der Waals surface area contributed by atoms with Crippen LogP contribution in [0, 0.1) is 3.57 Å². The minimum atomic E-state index is -4.80. The maximum Gasteiger partial charge on any atom is 0.573 e. The van der Waals surface area contributed by atoms with Crippen molar-refractivity contribution in [2.45, 2.75) is 11.7 Å². The van der Waals surface area contributed by atoms with Gasteiger partial charge in [-0.1, -0.05) is 15.9 Å². The maximum absolute atomic E-state index is 12.0. The molecule has 8 heteroatoms. The standard InChI is InChI=1S/C7H4BrF3INO2/c8-1-3-2-13-6(14)4(12)5(3)15-7(9,10)11/h2H,1H2,(H,13,14). The minimum Gasteiger partial charge on any atom is -0.404 e. The van der Waals surface area contributed by atoms with Gasteiger partial charge in [0.1, 0.15) is 3.57 Å². The molecule has 0 unspecified atom stereocenters. The molecule has 0 atom stereocenters. The molecule has 0 saturated carbocycles. The fourth-order valence-electron chi connectivity index (χ4n) is 0.851. The third-order valence-corrected chi connectivity index (χ3v) is 3.01. The Morgan fingerprint density at radius 3 is 2.60 bits per heavy atom. The Bertz CT molecular complexity index is 418. The second kappa shape index (κ2) is 4.73. The lowest BCUT2D eigenvalue weighted by atomic mass is 10.3. The summed E-state index contributed by atoms with van der Waals surface area (Å²) in [4.78, 5) is 13.4. The molecule has 1 N–H and O–H groups in total. The van der Waals surface area contributed by atoms with Gasteiger partial charge in [0, 0.05) is 17.1 Å². The van der Waals surface area contributed by atoms with Crippen LogP contribution in [-0.2, 0) is 5.33 Å². The van der Waals surface area contributed by atoms with E-state index in [4.69, 9.17) is 0 Å². The van der Waals surface area contributed by atoms with Crippen LogP contribution in [0.2, 0.25) is 0 Å². The van der Waals surface area contributed by atoms with Crippen molar-refractivity contribution >= 4 is 38.5 Å². The lowest BCUT2D eigenvalue weighted by Crippen LogP contribution is -2.22. The highest BCUT2D eigenvalue weighted by Gasteiger charge is 2.33. The first-order valence-corrected chi connectivity index (χ1v) is 5.77. The van der Waals surface area contributed by atoms with Crippen molar-refractivity contribution in [1.82, 2.24) is 4.98 Å². The minimum absolute atomic E-state index is 0.123. The van der Waals surface area contributed by atoms with Gasteiger partial charge < -0.3 is 9.72 Å². The van der Waals surface area contributed by atoms with Crippen molar-refractivity contribution in [3.63, 3.8) is 0 Å². The van der Waals surface area contributed by atoms with Crippen LogP contribution < -0.4 is 10.3 Å². The fraction of sp³-hybridized carbons (Fsp3) is 0.286. The van der Waals surface area contributed by atoms with Gasteiger partial charge in [-0.3, -0.25) is 4.79 Å². The summed E-state index contributed by atoms with van der Waals surface area (Å²) in [6.07, 6.45) is -3.62. The molecule has 0 spiro atoms. The van der Waals surface area contributed by atoms with E-state index < -0.39 is 17.7 Å². The number of hydrogen-bond donors (Lipinski definition) is 1. The molecule has 1 rings (SSSR count). The lowest BCUT2D eigenvalue weighted by Gasteiger charge is -2.12. The first-order valence-electron chi connectivity index (χ1n) is 3.57. The van der Waals surface area contributed by atoms with Gasteiger partial charge in [0.25, 0.3) is 5.56 Å². The average Bonchev–Trinajstić information content (AvgIpc) is 2.11. The van der Waals surface area contributed by atoms with E-state index in [-0.39, 0.29) is 14.5 Å². The van der Waals surface area contributed by atoms with Crippen LogP contribution in [0.15, 0.2) is 11.0 Å². The highest BCUT2D eigenvalue weighted by atomic mass is 127. The van der Waals surface area contributed by atoms with Gasteiger partial charge in [0.05, 0.1) is 0 Å². The Balaban J connectivity index is 3.24. The number of aromatic amines is 1. The summed E-state index contributed by atoms with van der Waals surface area (Å²) in [5.41, 5.74) is -0.379. The largest absolute Gasteiger partial charge is 0.573 e. The molecule has 0 aliphatic carbocycles. The van der Waals surface area contributed by atoms with Gasteiger partial charge in [0.2, 0.25) is 0 Å². The molecule has 0 aliphatic heterocycles. The van der Waals surface area contributed by atoms with Crippen molar-refractivity contribution in [1.29, 1.82) is 0 Å². The predicted molar refractivity (Wildman–Crippen MR) is 59.1 cm³/mol. The quantitative estimate of drug-likeness (QED) is 0.616. The fourth-order valence-corrected chi connectivity index (χ4v) is 1.88. The van der Waals surface area contributed by atoms with E-state index >= 15 is 0 Å². The number of ether oxygens (including phenoxy) is 1. The Morgan fingerprint density at radius 1 is 1.53 bits per heavy atom. The second-order valence-corrected chi connectivity index (χ2v) is 4.11. The van der Waals surface area contributed by atoms with Crippen molar-refractivity contribution < 1.29 is 17.9 Å². The molecule has 0 radical (unpaired) electrons. The summed E-state index contributed by atoms with van der Waals surface area (Å²) in [7, 11) is 0. The second-order valence-electron chi connectivity index (χ2n) is 2.47. The van der Waals surface area contributed by atoms with Crippen LogP contribution in [0.4, 0.5) is 13.2 Å². The van der Waals surface area contributed by atoms with E-state index in [2.05, 4.69) is 25.7 Å². The zero-order valence-electron chi connectivity index (χ0n) is 6.99.